The second-order valence-electron chi connectivity index (χ2n) is 9.69. The molecule has 2 N–H and O–H groups in total. The fourth-order valence-electron chi connectivity index (χ4n) is 5.61. The molecule has 3 aromatic rings. The van der Waals surface area contributed by atoms with Crippen molar-refractivity contribution in [2.75, 3.05) is 6.54 Å². The normalized spacial score (nSPS) is 23.4. The first-order valence-corrected chi connectivity index (χ1v) is 12.9. The van der Waals surface area contributed by atoms with Crippen molar-refractivity contribution in [1.29, 1.82) is 5.26 Å². The number of carbonyl (C=O) groups excluding carboxylic acids is 1. The number of primary amides is 1. The van der Waals surface area contributed by atoms with E-state index < -0.39 is 0 Å². The summed E-state index contributed by atoms with van der Waals surface area (Å²) in [4.78, 5) is 23.7. The summed E-state index contributed by atoms with van der Waals surface area (Å²) in [6.07, 6.45) is 7.37. The molecule has 1 saturated heterocycles. The summed E-state index contributed by atoms with van der Waals surface area (Å²) >= 11 is 12.5. The Balaban J connectivity index is 1.49. The minimum atomic E-state index is -0.284. The van der Waals surface area contributed by atoms with E-state index in [1.807, 2.05) is 13.0 Å². The predicted octanol–water partition coefficient (Wildman–Crippen LogP) is 4.75. The van der Waals surface area contributed by atoms with Crippen LogP contribution in [-0.4, -0.2) is 49.2 Å². The van der Waals surface area contributed by atoms with Gasteiger partial charge in [0.1, 0.15) is 11.6 Å². The van der Waals surface area contributed by atoms with E-state index in [0.29, 0.717) is 27.1 Å². The molecule has 8 nitrogen and oxygen atoms in total. The van der Waals surface area contributed by atoms with Gasteiger partial charge in [-0.05, 0) is 68.3 Å². The van der Waals surface area contributed by atoms with Gasteiger partial charge in [-0.2, -0.15) is 10.4 Å². The van der Waals surface area contributed by atoms with E-state index >= 15 is 0 Å². The number of nitrogens with zero attached hydrogens (tertiary/aromatic N) is 6. The third kappa shape index (κ3) is 4.36. The molecule has 0 saturated carbocycles. The topological polar surface area (TPSA) is 114 Å². The molecule has 0 bridgehead atoms. The zero-order chi connectivity index (χ0) is 25.6. The molecule has 1 amide bonds. The molecule has 3 heterocycles. The number of allylic oxidation sites excluding steroid dienone is 1. The minimum Gasteiger partial charge on any atom is -0.368 e. The van der Waals surface area contributed by atoms with Crippen molar-refractivity contribution in [3.63, 3.8) is 0 Å². The molecular formula is C26H27Cl2N7O. The molecule has 2 aromatic heterocycles. The molecule has 1 aliphatic carbocycles. The van der Waals surface area contributed by atoms with Gasteiger partial charge < -0.3 is 5.73 Å². The van der Waals surface area contributed by atoms with Crippen molar-refractivity contribution < 1.29 is 4.79 Å². The number of likely N-dealkylation sites (tertiary alicyclic amines) is 1. The number of nitrogens with two attached hydrogens (primary N) is 1. The molecule has 2 aliphatic rings. The summed E-state index contributed by atoms with van der Waals surface area (Å²) in [5.74, 6) is 0.0936. The minimum absolute atomic E-state index is 0.177. The monoisotopic (exact) mass is 523 g/mol. The van der Waals surface area contributed by atoms with Crippen LogP contribution in [0.1, 0.15) is 62.5 Å². The Morgan fingerprint density at radius 1 is 1.33 bits per heavy atom. The van der Waals surface area contributed by atoms with Crippen LogP contribution in [0.2, 0.25) is 10.0 Å². The maximum absolute atomic E-state index is 11.9. The van der Waals surface area contributed by atoms with Crippen LogP contribution < -0.4 is 5.73 Å². The zero-order valence-corrected chi connectivity index (χ0v) is 21.7. The van der Waals surface area contributed by atoms with E-state index in [-0.39, 0.29) is 29.7 Å². The average molecular weight is 524 g/mol. The van der Waals surface area contributed by atoms with Gasteiger partial charge in [-0.1, -0.05) is 42.3 Å². The lowest BCUT2D eigenvalue weighted by Crippen LogP contribution is -2.48. The Morgan fingerprint density at radius 3 is 2.83 bits per heavy atom. The Bertz CT molecular complexity index is 1410. The van der Waals surface area contributed by atoms with Gasteiger partial charge in [0.15, 0.2) is 11.3 Å². The van der Waals surface area contributed by atoms with Crippen LogP contribution >= 0.6 is 23.2 Å². The van der Waals surface area contributed by atoms with Gasteiger partial charge >= 0.3 is 0 Å². The molecule has 4 atom stereocenters. The highest BCUT2D eigenvalue weighted by molar-refractivity contribution is 6.35. The summed E-state index contributed by atoms with van der Waals surface area (Å²) in [7, 11) is 0. The third-order valence-corrected chi connectivity index (χ3v) is 8.03. The highest BCUT2D eigenvalue weighted by Gasteiger charge is 2.37. The van der Waals surface area contributed by atoms with E-state index in [1.165, 1.54) is 0 Å². The molecule has 0 spiro atoms. The molecule has 1 aliphatic heterocycles. The molecule has 36 heavy (non-hydrogen) atoms. The smallest absolute Gasteiger partial charge is 0.234 e. The summed E-state index contributed by atoms with van der Waals surface area (Å²) in [5, 5.41) is 15.2. The van der Waals surface area contributed by atoms with Crippen LogP contribution in [0, 0.1) is 17.2 Å². The second kappa shape index (κ2) is 9.81. The van der Waals surface area contributed by atoms with Gasteiger partial charge in [0.05, 0.1) is 24.0 Å². The SMILES string of the molecule is C[C@H](c1ccc(Cl)cc1Cl)n1nc(C#N)c2ncc(C3=CC[C@@H](N4CCC[C@H]4C(N)=O)[C@@H](C)C3)nc21. The highest BCUT2D eigenvalue weighted by atomic mass is 35.5. The number of rotatable bonds is 5. The first-order chi connectivity index (χ1) is 17.3. The molecule has 5 rings (SSSR count). The van der Waals surface area contributed by atoms with E-state index in [1.54, 1.807) is 23.0 Å². The van der Waals surface area contributed by atoms with E-state index in [0.717, 1.165) is 49.1 Å². The Morgan fingerprint density at radius 2 is 2.14 bits per heavy atom. The molecular weight excluding hydrogens is 497 g/mol. The van der Waals surface area contributed by atoms with E-state index in [2.05, 4.69) is 34.1 Å². The number of nitriles is 1. The van der Waals surface area contributed by atoms with Crippen LogP contribution in [-0.2, 0) is 4.79 Å². The molecule has 0 unspecified atom stereocenters. The summed E-state index contributed by atoms with van der Waals surface area (Å²) in [5.41, 5.74) is 9.57. The lowest BCUT2D eigenvalue weighted by atomic mass is 9.83. The van der Waals surface area contributed by atoms with E-state index in [9.17, 15) is 10.1 Å². The van der Waals surface area contributed by atoms with Crippen molar-refractivity contribution in [3.8, 4) is 6.07 Å². The fraction of sp³-hybridized carbons (Fsp3) is 0.423. The van der Waals surface area contributed by atoms with Crippen molar-refractivity contribution >= 4 is 45.8 Å². The van der Waals surface area contributed by atoms with Crippen LogP contribution in [0.15, 0.2) is 30.5 Å². The number of aromatic nitrogens is 4. The van der Waals surface area contributed by atoms with Crippen LogP contribution in [0.25, 0.3) is 16.7 Å². The van der Waals surface area contributed by atoms with Crippen LogP contribution in [0.5, 0.6) is 0 Å². The maximum atomic E-state index is 11.9. The number of hydrogen-bond donors (Lipinski definition) is 1. The number of hydrogen-bond acceptors (Lipinski definition) is 6. The lowest BCUT2D eigenvalue weighted by molar-refractivity contribution is -0.123. The Hall–Kier alpha value is -2.99. The molecule has 1 fully saturated rings. The van der Waals surface area contributed by atoms with Gasteiger partial charge in [0, 0.05) is 16.1 Å². The van der Waals surface area contributed by atoms with Gasteiger partial charge in [0.2, 0.25) is 5.91 Å². The average Bonchev–Trinajstić information content (AvgIpc) is 3.48. The molecule has 186 valence electrons. The number of halogens is 2. The summed E-state index contributed by atoms with van der Waals surface area (Å²) in [6, 6.07) is 7.27. The fourth-order valence-corrected chi connectivity index (χ4v) is 6.17. The van der Waals surface area contributed by atoms with Gasteiger partial charge in [-0.3, -0.25) is 9.69 Å². The Kier molecular flexibility index (Phi) is 6.73. The lowest BCUT2D eigenvalue weighted by Gasteiger charge is -2.38. The number of benzene rings is 1. The van der Waals surface area contributed by atoms with Gasteiger partial charge in [-0.15, -0.1) is 0 Å². The Labute approximate surface area is 219 Å². The number of carbonyl (C=O) groups is 1. The summed E-state index contributed by atoms with van der Waals surface area (Å²) in [6.45, 7) is 5.07. The summed E-state index contributed by atoms with van der Waals surface area (Å²) < 4.78 is 1.71. The molecule has 0 radical (unpaired) electrons. The predicted molar refractivity (Wildman–Crippen MR) is 139 cm³/mol. The van der Waals surface area contributed by atoms with Crippen molar-refractivity contribution in [3.05, 3.63) is 57.5 Å². The molecule has 1 aromatic carbocycles. The largest absolute Gasteiger partial charge is 0.368 e. The quantitative estimate of drug-likeness (QED) is 0.516. The number of amides is 1. The van der Waals surface area contributed by atoms with Gasteiger partial charge in [0.25, 0.3) is 0 Å². The highest BCUT2D eigenvalue weighted by Crippen LogP contribution is 2.37. The van der Waals surface area contributed by atoms with Crippen molar-refractivity contribution in [2.45, 2.75) is 57.7 Å². The van der Waals surface area contributed by atoms with Crippen molar-refractivity contribution in [1.82, 2.24) is 24.6 Å². The second-order valence-corrected chi connectivity index (χ2v) is 10.5. The van der Waals surface area contributed by atoms with Gasteiger partial charge in [-0.25, -0.2) is 14.6 Å². The van der Waals surface area contributed by atoms with E-state index in [4.69, 9.17) is 33.9 Å². The first kappa shape index (κ1) is 24.7. The van der Waals surface area contributed by atoms with Crippen molar-refractivity contribution in [2.24, 2.45) is 11.7 Å². The maximum Gasteiger partial charge on any atom is 0.234 e. The van der Waals surface area contributed by atoms with Crippen LogP contribution in [0.4, 0.5) is 0 Å². The zero-order valence-electron chi connectivity index (χ0n) is 20.2. The number of fused-ring (bicyclic) bond motifs is 1. The van der Waals surface area contributed by atoms with Crippen LogP contribution in [0.3, 0.4) is 0 Å². The third-order valence-electron chi connectivity index (χ3n) is 7.47. The first-order valence-electron chi connectivity index (χ1n) is 12.1. The standard InChI is InChI=1S/C26H27Cl2N7O/c1-14-10-16(5-8-22(14)34-9-3-4-23(34)25(30)36)21-13-31-24-20(12-29)33-35(26(24)32-21)15(2)18-7-6-17(27)11-19(18)28/h5-7,11,13-15,22-23H,3-4,8-10H2,1-2H3,(H2,30,36)/t14-,15+,22+,23-/m0/s1. The molecule has 10 heteroatoms.